The van der Waals surface area contributed by atoms with E-state index in [1.807, 2.05) is 65.0 Å². The van der Waals surface area contributed by atoms with Gasteiger partial charge in [-0.15, -0.1) is 0 Å². The Hall–Kier alpha value is -2.95. The molecule has 0 bridgehead atoms. The first-order valence-corrected chi connectivity index (χ1v) is 9.80. The number of hydrogen-bond donors (Lipinski definition) is 1. The third kappa shape index (κ3) is 6.01. The zero-order chi connectivity index (χ0) is 21.7. The maximum Gasteiger partial charge on any atom is 0.243 e. The summed E-state index contributed by atoms with van der Waals surface area (Å²) in [5.41, 5.74) is 6.48. The molecule has 0 atom stereocenters. The number of carbonyl (C=O) groups is 3. The molecular weight excluding hydrogens is 364 g/mol. The van der Waals surface area contributed by atoms with Gasteiger partial charge in [0.1, 0.15) is 0 Å². The number of carbonyl (C=O) groups excluding carboxylic acids is 3. The number of Topliss-reactive ketones (excluding diaryl/α,β-unsaturated/α-hetero) is 1. The van der Waals surface area contributed by atoms with Crippen LogP contribution < -0.4 is 5.32 Å². The van der Waals surface area contributed by atoms with Crippen molar-refractivity contribution in [2.45, 2.75) is 47.5 Å². The first-order chi connectivity index (χ1) is 13.6. The minimum absolute atomic E-state index is 0.0523. The molecule has 2 amide bonds. The first kappa shape index (κ1) is 22.3. The lowest BCUT2D eigenvalue weighted by Crippen LogP contribution is -2.35. The molecule has 0 saturated heterocycles. The number of nitrogens with zero attached hydrogens (tertiary/aromatic N) is 1. The van der Waals surface area contributed by atoms with Crippen LogP contribution in [0.25, 0.3) is 0 Å². The van der Waals surface area contributed by atoms with Gasteiger partial charge in [0.25, 0.3) is 0 Å². The largest absolute Gasteiger partial charge is 0.336 e. The van der Waals surface area contributed by atoms with Crippen LogP contribution in [0.5, 0.6) is 0 Å². The fourth-order valence-corrected chi connectivity index (χ4v) is 3.44. The third-order valence-electron chi connectivity index (χ3n) is 5.01. The van der Waals surface area contributed by atoms with Gasteiger partial charge in [-0.1, -0.05) is 35.4 Å². The Bertz CT molecular complexity index is 924. The van der Waals surface area contributed by atoms with Crippen LogP contribution in [0.2, 0.25) is 0 Å². The lowest BCUT2D eigenvalue weighted by atomic mass is 9.99. The summed E-state index contributed by atoms with van der Waals surface area (Å²) >= 11 is 0. The van der Waals surface area contributed by atoms with E-state index in [4.69, 9.17) is 0 Å². The summed E-state index contributed by atoms with van der Waals surface area (Å²) in [5, 5.41) is 2.90. The molecule has 0 fully saturated rings. The summed E-state index contributed by atoms with van der Waals surface area (Å²) < 4.78 is 0. The van der Waals surface area contributed by atoms with Crippen molar-refractivity contribution in [2.75, 3.05) is 18.9 Å². The molecular formula is C24H30N2O3. The van der Waals surface area contributed by atoms with Crippen molar-refractivity contribution in [1.82, 2.24) is 4.90 Å². The van der Waals surface area contributed by atoms with Gasteiger partial charge in [-0.25, -0.2) is 0 Å². The SMILES string of the molecule is Cc1cc(C)c(NC(=O)CN(C)C(=O)CCC(=O)c2cc(C)ccc2C)c(C)c1. The average molecular weight is 395 g/mol. The number of benzene rings is 2. The van der Waals surface area contributed by atoms with Gasteiger partial charge in [-0.05, 0) is 57.4 Å². The second-order valence-electron chi connectivity index (χ2n) is 7.81. The van der Waals surface area contributed by atoms with Gasteiger partial charge in [0, 0.05) is 31.1 Å². The quantitative estimate of drug-likeness (QED) is 0.713. The summed E-state index contributed by atoms with van der Waals surface area (Å²) in [6, 6.07) is 9.75. The molecule has 154 valence electrons. The Balaban J connectivity index is 1.91. The van der Waals surface area contributed by atoms with Crippen molar-refractivity contribution in [1.29, 1.82) is 0 Å². The normalized spacial score (nSPS) is 10.6. The van der Waals surface area contributed by atoms with Crippen molar-refractivity contribution in [3.05, 3.63) is 63.7 Å². The van der Waals surface area contributed by atoms with Crippen LogP contribution in [0.3, 0.4) is 0 Å². The molecule has 0 aromatic heterocycles. The minimum Gasteiger partial charge on any atom is -0.336 e. The van der Waals surface area contributed by atoms with Gasteiger partial charge in [-0.3, -0.25) is 14.4 Å². The number of aryl methyl sites for hydroxylation is 5. The highest BCUT2D eigenvalue weighted by Crippen LogP contribution is 2.22. The molecule has 2 aromatic rings. The van der Waals surface area contributed by atoms with Crippen molar-refractivity contribution in [2.24, 2.45) is 0 Å². The van der Waals surface area contributed by atoms with E-state index in [-0.39, 0.29) is 37.0 Å². The van der Waals surface area contributed by atoms with E-state index in [0.717, 1.165) is 33.5 Å². The summed E-state index contributed by atoms with van der Waals surface area (Å²) in [6.07, 6.45) is 0.212. The Morgan fingerprint density at radius 1 is 0.828 bits per heavy atom. The number of rotatable bonds is 7. The molecule has 2 aromatic carbocycles. The Morgan fingerprint density at radius 2 is 1.45 bits per heavy atom. The highest BCUT2D eigenvalue weighted by Gasteiger charge is 2.17. The van der Waals surface area contributed by atoms with Crippen LogP contribution >= 0.6 is 0 Å². The van der Waals surface area contributed by atoms with E-state index < -0.39 is 0 Å². The van der Waals surface area contributed by atoms with E-state index in [0.29, 0.717) is 5.56 Å². The molecule has 2 rings (SSSR count). The highest BCUT2D eigenvalue weighted by atomic mass is 16.2. The van der Waals surface area contributed by atoms with E-state index in [9.17, 15) is 14.4 Å². The predicted octanol–water partition coefficient (Wildman–Crippen LogP) is 4.29. The molecule has 1 N–H and O–H groups in total. The maximum atomic E-state index is 12.5. The molecule has 0 unspecified atom stereocenters. The van der Waals surface area contributed by atoms with Crippen LogP contribution in [-0.4, -0.2) is 36.1 Å². The van der Waals surface area contributed by atoms with Crippen molar-refractivity contribution in [3.8, 4) is 0 Å². The van der Waals surface area contributed by atoms with E-state index in [1.165, 1.54) is 4.90 Å². The molecule has 29 heavy (non-hydrogen) atoms. The van der Waals surface area contributed by atoms with Crippen LogP contribution in [0.1, 0.15) is 51.0 Å². The Morgan fingerprint density at radius 3 is 2.07 bits per heavy atom. The summed E-state index contributed by atoms with van der Waals surface area (Å²) in [6.45, 7) is 9.68. The van der Waals surface area contributed by atoms with Gasteiger partial charge >= 0.3 is 0 Å². The maximum absolute atomic E-state index is 12.5. The monoisotopic (exact) mass is 394 g/mol. The average Bonchev–Trinajstić information content (AvgIpc) is 2.64. The molecule has 0 aliphatic rings. The second-order valence-corrected chi connectivity index (χ2v) is 7.81. The number of likely N-dealkylation sites (N-methyl/N-ethyl adjacent to an activating group) is 1. The Kier molecular flexibility index (Phi) is 7.32. The molecule has 0 saturated carbocycles. The van der Waals surface area contributed by atoms with Crippen LogP contribution in [0.4, 0.5) is 5.69 Å². The lowest BCUT2D eigenvalue weighted by molar-refractivity contribution is -0.133. The fourth-order valence-electron chi connectivity index (χ4n) is 3.44. The minimum atomic E-state index is -0.253. The molecule has 5 nitrogen and oxygen atoms in total. The summed E-state index contributed by atoms with van der Waals surface area (Å²) in [5.74, 6) is -0.531. The van der Waals surface area contributed by atoms with E-state index >= 15 is 0 Å². The first-order valence-electron chi connectivity index (χ1n) is 9.80. The third-order valence-corrected chi connectivity index (χ3v) is 5.01. The number of hydrogen-bond acceptors (Lipinski definition) is 3. The molecule has 0 aliphatic carbocycles. The molecule has 0 heterocycles. The smallest absolute Gasteiger partial charge is 0.243 e. The summed E-state index contributed by atoms with van der Waals surface area (Å²) in [4.78, 5) is 38.6. The van der Waals surface area contributed by atoms with Crippen LogP contribution in [0, 0.1) is 34.6 Å². The number of amides is 2. The molecule has 0 spiro atoms. The Labute approximate surface area is 173 Å². The molecule has 5 heteroatoms. The van der Waals surface area contributed by atoms with Gasteiger partial charge in [0.15, 0.2) is 5.78 Å². The molecule has 0 radical (unpaired) electrons. The van der Waals surface area contributed by atoms with Gasteiger partial charge < -0.3 is 10.2 Å². The number of nitrogens with one attached hydrogen (secondary N) is 1. The van der Waals surface area contributed by atoms with Gasteiger partial charge in [-0.2, -0.15) is 0 Å². The molecule has 0 aliphatic heterocycles. The topological polar surface area (TPSA) is 66.5 Å². The summed E-state index contributed by atoms with van der Waals surface area (Å²) in [7, 11) is 1.58. The van der Waals surface area contributed by atoms with Gasteiger partial charge in [0.05, 0.1) is 6.54 Å². The van der Waals surface area contributed by atoms with Crippen LogP contribution in [-0.2, 0) is 9.59 Å². The van der Waals surface area contributed by atoms with Crippen LogP contribution in [0.15, 0.2) is 30.3 Å². The zero-order valence-electron chi connectivity index (χ0n) is 18.2. The predicted molar refractivity (Wildman–Crippen MR) is 116 cm³/mol. The van der Waals surface area contributed by atoms with Crippen molar-refractivity contribution < 1.29 is 14.4 Å². The van der Waals surface area contributed by atoms with E-state index in [1.54, 1.807) is 7.05 Å². The fraction of sp³-hybridized carbons (Fsp3) is 0.375. The van der Waals surface area contributed by atoms with E-state index in [2.05, 4.69) is 5.32 Å². The van der Waals surface area contributed by atoms with Gasteiger partial charge in [0.2, 0.25) is 11.8 Å². The number of ketones is 1. The second kappa shape index (κ2) is 9.50. The van der Waals surface area contributed by atoms with Crippen molar-refractivity contribution >= 4 is 23.3 Å². The van der Waals surface area contributed by atoms with Crippen molar-refractivity contribution in [3.63, 3.8) is 0 Å². The zero-order valence-corrected chi connectivity index (χ0v) is 18.2. The highest BCUT2D eigenvalue weighted by molar-refractivity contribution is 6.00. The standard InChI is InChI=1S/C24H30N2O3/c1-15-7-8-17(3)20(13-15)21(27)9-10-23(29)26(6)14-22(28)25-24-18(4)11-16(2)12-19(24)5/h7-8,11-13H,9-10,14H2,1-6H3,(H,25,28). The number of anilines is 1. The lowest BCUT2D eigenvalue weighted by Gasteiger charge is -2.18.